The molecule has 0 aliphatic carbocycles. The highest BCUT2D eigenvalue weighted by Gasteiger charge is 2.36. The Morgan fingerprint density at radius 1 is 1.17 bits per heavy atom. The molecule has 0 radical (unpaired) electrons. The fraction of sp³-hybridized carbons (Fsp3) is 0.857. The van der Waals surface area contributed by atoms with Gasteiger partial charge in [-0.05, 0) is 12.8 Å². The zero-order chi connectivity index (χ0) is 9.61. The molecule has 0 aromatic rings. The highest BCUT2D eigenvalue weighted by molar-refractivity contribution is 5.80. The highest BCUT2D eigenvalue weighted by atomic mass is 19.1. The molecule has 1 amide bonds. The van der Waals surface area contributed by atoms with E-state index in [1.807, 2.05) is 0 Å². The van der Waals surface area contributed by atoms with Crippen LogP contribution in [-0.4, -0.2) is 25.9 Å². The van der Waals surface area contributed by atoms with Gasteiger partial charge in [-0.3, -0.25) is 13.6 Å². The normalized spacial score (nSPS) is 11.6. The van der Waals surface area contributed by atoms with Crippen LogP contribution in [0.15, 0.2) is 0 Å². The molecule has 0 fully saturated rings. The Bertz CT molecular complexity index is 146. The van der Waals surface area contributed by atoms with Gasteiger partial charge in [-0.1, -0.05) is 0 Å². The summed E-state index contributed by atoms with van der Waals surface area (Å²) in [5.74, 6) is -0.972. The number of carbonyl (C=O) groups excluding carboxylic acids is 1. The molecule has 5 heteroatoms. The van der Waals surface area contributed by atoms with Crippen molar-refractivity contribution in [3.05, 3.63) is 0 Å². The highest BCUT2D eigenvalue weighted by Crippen LogP contribution is 2.27. The van der Waals surface area contributed by atoms with Gasteiger partial charge in [0.2, 0.25) is 5.91 Å². The molecule has 0 aromatic heterocycles. The Labute approximate surface area is 68.9 Å². The molecule has 0 saturated carbocycles. The molecule has 0 unspecified atom stereocenters. The third kappa shape index (κ3) is 2.39. The summed E-state index contributed by atoms with van der Waals surface area (Å²) < 4.78 is 36.0. The lowest BCUT2D eigenvalue weighted by molar-refractivity contribution is -0.130. The van der Waals surface area contributed by atoms with Crippen LogP contribution in [0.25, 0.3) is 0 Å². The second-order valence-electron chi connectivity index (χ2n) is 2.66. The first-order valence-electron chi connectivity index (χ1n) is 3.61. The number of hydrogen-bond acceptors (Lipinski definition) is 1. The number of carbonyl (C=O) groups is 1. The fourth-order valence-electron chi connectivity index (χ4n) is 0.933. The smallest absolute Gasteiger partial charge is 0.226 e. The molecule has 0 bridgehead atoms. The van der Waals surface area contributed by atoms with Crippen molar-refractivity contribution in [3.8, 4) is 0 Å². The van der Waals surface area contributed by atoms with Crippen molar-refractivity contribution >= 4 is 5.91 Å². The summed E-state index contributed by atoms with van der Waals surface area (Å²) >= 11 is 0. The van der Waals surface area contributed by atoms with E-state index >= 15 is 0 Å². The molecule has 0 atom stereocenters. The maximum atomic E-state index is 12.3. The number of primary amides is 1. The molecule has 0 aromatic carbocycles. The topological polar surface area (TPSA) is 43.1 Å². The number of hydrogen-bond donors (Lipinski definition) is 1. The number of nitrogens with two attached hydrogens (primary N) is 1. The molecular weight excluding hydrogens is 171 g/mol. The molecule has 2 N–H and O–H groups in total. The van der Waals surface area contributed by atoms with Gasteiger partial charge in [0.15, 0.2) is 0 Å². The first kappa shape index (κ1) is 11.3. The van der Waals surface area contributed by atoms with E-state index in [9.17, 15) is 18.0 Å². The Balaban J connectivity index is 4.39. The molecule has 0 rings (SSSR count). The second kappa shape index (κ2) is 5.00. The lowest BCUT2D eigenvalue weighted by Gasteiger charge is -2.24. The Morgan fingerprint density at radius 2 is 1.58 bits per heavy atom. The molecule has 0 heterocycles. The van der Waals surface area contributed by atoms with Gasteiger partial charge in [-0.15, -0.1) is 0 Å². The molecular formula is C7H12F3NO. The number of halogens is 3. The van der Waals surface area contributed by atoms with E-state index in [-0.39, 0.29) is 12.8 Å². The Kier molecular flexibility index (Phi) is 4.70. The van der Waals surface area contributed by atoms with E-state index in [4.69, 9.17) is 5.73 Å². The third-order valence-corrected chi connectivity index (χ3v) is 1.92. The van der Waals surface area contributed by atoms with Crippen LogP contribution in [0.2, 0.25) is 0 Å². The SMILES string of the molecule is NC(=O)C(CF)(CCF)CCF. The molecule has 0 spiro atoms. The summed E-state index contributed by atoms with van der Waals surface area (Å²) in [4.78, 5) is 10.7. The zero-order valence-electron chi connectivity index (χ0n) is 6.66. The van der Waals surface area contributed by atoms with E-state index in [1.54, 1.807) is 0 Å². The van der Waals surface area contributed by atoms with Crippen molar-refractivity contribution < 1.29 is 18.0 Å². The summed E-state index contributed by atoms with van der Waals surface area (Å²) in [7, 11) is 0. The summed E-state index contributed by atoms with van der Waals surface area (Å²) in [5, 5.41) is 0. The average molecular weight is 183 g/mol. The third-order valence-electron chi connectivity index (χ3n) is 1.92. The van der Waals surface area contributed by atoms with Crippen molar-refractivity contribution in [2.45, 2.75) is 12.8 Å². The van der Waals surface area contributed by atoms with Crippen LogP contribution in [0.3, 0.4) is 0 Å². The fourth-order valence-corrected chi connectivity index (χ4v) is 0.933. The first-order chi connectivity index (χ1) is 5.63. The van der Waals surface area contributed by atoms with Gasteiger partial charge < -0.3 is 5.73 Å². The van der Waals surface area contributed by atoms with Gasteiger partial charge in [0.1, 0.15) is 6.67 Å². The molecule has 2 nitrogen and oxygen atoms in total. The van der Waals surface area contributed by atoms with E-state index in [0.29, 0.717) is 0 Å². The lowest BCUT2D eigenvalue weighted by atomic mass is 9.82. The standard InChI is InChI=1S/C7H12F3NO/c8-3-1-7(5-10,2-4-9)6(11)12/h1-5H2,(H2,11,12). The zero-order valence-corrected chi connectivity index (χ0v) is 6.66. The monoisotopic (exact) mass is 183 g/mol. The maximum Gasteiger partial charge on any atom is 0.226 e. The molecule has 12 heavy (non-hydrogen) atoms. The number of rotatable bonds is 6. The van der Waals surface area contributed by atoms with Crippen LogP contribution in [0.1, 0.15) is 12.8 Å². The van der Waals surface area contributed by atoms with Gasteiger partial charge >= 0.3 is 0 Å². The van der Waals surface area contributed by atoms with Crippen LogP contribution < -0.4 is 5.73 Å². The maximum absolute atomic E-state index is 12.3. The quantitative estimate of drug-likeness (QED) is 0.659. The van der Waals surface area contributed by atoms with Crippen LogP contribution in [0.4, 0.5) is 13.2 Å². The van der Waals surface area contributed by atoms with Crippen molar-refractivity contribution in [2.24, 2.45) is 11.1 Å². The largest absolute Gasteiger partial charge is 0.369 e. The van der Waals surface area contributed by atoms with Gasteiger partial charge in [0.05, 0.1) is 18.8 Å². The van der Waals surface area contributed by atoms with E-state index < -0.39 is 31.3 Å². The molecule has 0 saturated heterocycles. The summed E-state index contributed by atoms with van der Waals surface area (Å²) in [6.45, 7) is -2.84. The predicted octanol–water partition coefficient (Wildman–Crippen LogP) is 1.15. The van der Waals surface area contributed by atoms with Crippen LogP contribution >= 0.6 is 0 Å². The molecule has 0 aliphatic heterocycles. The van der Waals surface area contributed by atoms with Crippen LogP contribution in [0.5, 0.6) is 0 Å². The van der Waals surface area contributed by atoms with Gasteiger partial charge in [-0.2, -0.15) is 0 Å². The summed E-state index contributed by atoms with van der Waals surface area (Å²) in [6.07, 6.45) is -0.689. The van der Waals surface area contributed by atoms with Gasteiger partial charge in [0, 0.05) is 0 Å². The van der Waals surface area contributed by atoms with E-state index in [0.717, 1.165) is 0 Å². The minimum atomic E-state index is -1.64. The average Bonchev–Trinajstić information content (AvgIpc) is 2.03. The number of amides is 1. The van der Waals surface area contributed by atoms with Crippen LogP contribution in [0, 0.1) is 5.41 Å². The van der Waals surface area contributed by atoms with Crippen molar-refractivity contribution in [2.75, 3.05) is 20.0 Å². The van der Waals surface area contributed by atoms with E-state index in [2.05, 4.69) is 0 Å². The summed E-state index contributed by atoms with van der Waals surface area (Å²) in [5.41, 5.74) is 3.21. The Morgan fingerprint density at radius 3 is 1.75 bits per heavy atom. The van der Waals surface area contributed by atoms with Gasteiger partial charge in [0.25, 0.3) is 0 Å². The van der Waals surface area contributed by atoms with Crippen molar-refractivity contribution in [1.29, 1.82) is 0 Å². The molecule has 72 valence electrons. The van der Waals surface area contributed by atoms with Crippen molar-refractivity contribution in [1.82, 2.24) is 0 Å². The minimum absolute atomic E-state index is 0.344. The van der Waals surface area contributed by atoms with E-state index in [1.165, 1.54) is 0 Å². The second-order valence-corrected chi connectivity index (χ2v) is 2.66. The Hall–Kier alpha value is -0.740. The first-order valence-corrected chi connectivity index (χ1v) is 3.61. The minimum Gasteiger partial charge on any atom is -0.369 e. The summed E-state index contributed by atoms with van der Waals surface area (Å²) in [6, 6.07) is 0. The lowest BCUT2D eigenvalue weighted by Crippen LogP contribution is -2.40. The predicted molar refractivity (Wildman–Crippen MR) is 38.8 cm³/mol. The number of alkyl halides is 3. The molecule has 0 aliphatic rings. The van der Waals surface area contributed by atoms with Crippen LogP contribution in [-0.2, 0) is 4.79 Å². The van der Waals surface area contributed by atoms with Gasteiger partial charge in [-0.25, -0.2) is 4.39 Å². The van der Waals surface area contributed by atoms with Crippen molar-refractivity contribution in [3.63, 3.8) is 0 Å².